The molecule has 0 aliphatic heterocycles. The minimum atomic E-state index is 0.137. The predicted octanol–water partition coefficient (Wildman–Crippen LogP) is 5.79. The van der Waals surface area contributed by atoms with Crippen LogP contribution in [0.25, 0.3) is 0 Å². The molecule has 4 heteroatoms. The van der Waals surface area contributed by atoms with Gasteiger partial charge in [-0.15, -0.1) is 0 Å². The number of carbonyl (C=O) groups is 1. The van der Waals surface area contributed by atoms with Gasteiger partial charge in [0.15, 0.2) is 5.78 Å². The average Bonchev–Trinajstić information content (AvgIpc) is 2.59. The molecule has 0 atom stereocenters. The van der Waals surface area contributed by atoms with Crippen LogP contribution in [-0.2, 0) is 0 Å². The molecule has 0 aromatic heterocycles. The number of carbonyl (C=O) groups excluding carboxylic acids is 1. The number of hydrogen-bond acceptors (Lipinski definition) is 3. The van der Waals surface area contributed by atoms with Crippen molar-refractivity contribution >= 4 is 21.7 Å². The van der Waals surface area contributed by atoms with E-state index in [-0.39, 0.29) is 5.78 Å². The largest absolute Gasteiger partial charge is 0.497 e. The third-order valence-electron chi connectivity index (χ3n) is 3.99. The van der Waals surface area contributed by atoms with Crippen LogP contribution in [0.1, 0.15) is 68.1 Å². The van der Waals surface area contributed by atoms with Gasteiger partial charge < -0.3 is 9.47 Å². The van der Waals surface area contributed by atoms with Gasteiger partial charge in [0.1, 0.15) is 11.5 Å². The average molecular weight is 385 g/mol. The Hall–Kier alpha value is -1.03. The molecule has 130 valence electrons. The minimum absolute atomic E-state index is 0.137. The van der Waals surface area contributed by atoms with Gasteiger partial charge in [-0.25, -0.2) is 0 Å². The molecule has 0 saturated carbocycles. The lowest BCUT2D eigenvalue weighted by Gasteiger charge is -2.09. The molecular weight excluding hydrogens is 356 g/mol. The van der Waals surface area contributed by atoms with Crippen molar-refractivity contribution in [2.75, 3.05) is 19.5 Å². The van der Waals surface area contributed by atoms with Crippen LogP contribution in [0.3, 0.4) is 0 Å². The summed E-state index contributed by atoms with van der Waals surface area (Å²) >= 11 is 3.46. The Bertz CT molecular complexity index is 460. The molecule has 0 N–H and O–H groups in total. The Morgan fingerprint density at radius 2 is 1.52 bits per heavy atom. The monoisotopic (exact) mass is 384 g/mol. The molecule has 23 heavy (non-hydrogen) atoms. The van der Waals surface area contributed by atoms with E-state index in [1.807, 2.05) is 6.07 Å². The fourth-order valence-corrected chi connectivity index (χ4v) is 3.00. The van der Waals surface area contributed by atoms with E-state index >= 15 is 0 Å². The first-order valence-corrected chi connectivity index (χ1v) is 9.66. The minimum Gasteiger partial charge on any atom is -0.497 e. The summed E-state index contributed by atoms with van der Waals surface area (Å²) in [5.41, 5.74) is 0.627. The first-order chi connectivity index (χ1) is 11.2. The van der Waals surface area contributed by atoms with Crippen LogP contribution in [-0.4, -0.2) is 25.3 Å². The smallest absolute Gasteiger partial charge is 0.166 e. The Balaban J connectivity index is 2.26. The molecule has 1 aromatic carbocycles. The second-order valence-corrected chi connectivity index (χ2v) is 6.55. The Kier molecular flexibility index (Phi) is 10.8. The Morgan fingerprint density at radius 3 is 2.09 bits per heavy atom. The molecular formula is C19H29BrO3. The SMILES string of the molecule is COc1ccc(OC)c(C(=O)CCCCCCCCCCBr)c1. The summed E-state index contributed by atoms with van der Waals surface area (Å²) < 4.78 is 10.5. The van der Waals surface area contributed by atoms with Crippen molar-refractivity contribution in [3.05, 3.63) is 23.8 Å². The number of benzene rings is 1. The molecule has 0 saturated heterocycles. The van der Waals surface area contributed by atoms with Crippen molar-refractivity contribution < 1.29 is 14.3 Å². The molecule has 1 rings (SSSR count). The number of Topliss-reactive ketones (excluding diaryl/α,β-unsaturated/α-hetero) is 1. The van der Waals surface area contributed by atoms with E-state index in [4.69, 9.17) is 9.47 Å². The topological polar surface area (TPSA) is 35.5 Å². The Labute approximate surface area is 148 Å². The van der Waals surface area contributed by atoms with E-state index in [1.54, 1.807) is 26.4 Å². The summed E-state index contributed by atoms with van der Waals surface area (Å²) in [6.45, 7) is 0. The summed E-state index contributed by atoms with van der Waals surface area (Å²) in [5.74, 6) is 1.46. The van der Waals surface area contributed by atoms with Crippen molar-refractivity contribution in [2.24, 2.45) is 0 Å². The van der Waals surface area contributed by atoms with Gasteiger partial charge in [0.2, 0.25) is 0 Å². The van der Waals surface area contributed by atoms with E-state index in [9.17, 15) is 4.79 Å². The number of alkyl halides is 1. The molecule has 0 bridgehead atoms. The third-order valence-corrected chi connectivity index (χ3v) is 4.56. The quantitative estimate of drug-likeness (QED) is 0.245. The van der Waals surface area contributed by atoms with Crippen LogP contribution >= 0.6 is 15.9 Å². The molecule has 0 amide bonds. The number of halogens is 1. The lowest BCUT2D eigenvalue weighted by Crippen LogP contribution is -2.03. The van der Waals surface area contributed by atoms with Crippen LogP contribution < -0.4 is 9.47 Å². The molecule has 0 fully saturated rings. The van der Waals surface area contributed by atoms with Crippen LogP contribution in [0.4, 0.5) is 0 Å². The van der Waals surface area contributed by atoms with Gasteiger partial charge >= 0.3 is 0 Å². The first-order valence-electron chi connectivity index (χ1n) is 8.54. The van der Waals surface area contributed by atoms with Crippen molar-refractivity contribution in [3.63, 3.8) is 0 Å². The molecule has 0 heterocycles. The van der Waals surface area contributed by atoms with Crippen molar-refractivity contribution in [1.29, 1.82) is 0 Å². The van der Waals surface area contributed by atoms with Gasteiger partial charge in [-0.3, -0.25) is 4.79 Å². The van der Waals surface area contributed by atoms with Crippen molar-refractivity contribution in [2.45, 2.75) is 57.8 Å². The van der Waals surface area contributed by atoms with Gasteiger partial charge in [0, 0.05) is 11.8 Å². The van der Waals surface area contributed by atoms with Crippen LogP contribution in [0.15, 0.2) is 18.2 Å². The van der Waals surface area contributed by atoms with Crippen LogP contribution in [0, 0.1) is 0 Å². The molecule has 0 aliphatic carbocycles. The summed E-state index contributed by atoms with van der Waals surface area (Å²) in [7, 11) is 3.20. The van der Waals surface area contributed by atoms with E-state index in [1.165, 1.54) is 38.5 Å². The number of ketones is 1. The van der Waals surface area contributed by atoms with Gasteiger partial charge in [0.25, 0.3) is 0 Å². The third kappa shape index (κ3) is 7.87. The summed E-state index contributed by atoms with van der Waals surface area (Å²) in [5, 5.41) is 1.11. The lowest BCUT2D eigenvalue weighted by atomic mass is 10.0. The maximum Gasteiger partial charge on any atom is 0.166 e. The molecule has 3 nitrogen and oxygen atoms in total. The van der Waals surface area contributed by atoms with Gasteiger partial charge in [-0.2, -0.15) is 0 Å². The highest BCUT2D eigenvalue weighted by Gasteiger charge is 2.13. The molecule has 0 spiro atoms. The van der Waals surface area contributed by atoms with Gasteiger partial charge in [-0.05, 0) is 31.0 Å². The maximum absolute atomic E-state index is 12.4. The van der Waals surface area contributed by atoms with Gasteiger partial charge in [-0.1, -0.05) is 54.5 Å². The highest BCUT2D eigenvalue weighted by Crippen LogP contribution is 2.25. The number of ether oxygens (including phenoxy) is 2. The van der Waals surface area contributed by atoms with E-state index in [2.05, 4.69) is 15.9 Å². The predicted molar refractivity (Wildman–Crippen MR) is 99.2 cm³/mol. The highest BCUT2D eigenvalue weighted by molar-refractivity contribution is 9.09. The standard InChI is InChI=1S/C19H29BrO3/c1-22-16-12-13-19(23-2)17(15-16)18(21)11-9-7-5-3-4-6-8-10-14-20/h12-13,15H,3-11,14H2,1-2H3. The van der Waals surface area contributed by atoms with Crippen LogP contribution in [0.2, 0.25) is 0 Å². The molecule has 0 radical (unpaired) electrons. The van der Waals surface area contributed by atoms with E-state index in [0.29, 0.717) is 23.5 Å². The summed E-state index contributed by atoms with van der Waals surface area (Å²) in [4.78, 5) is 12.4. The molecule has 0 aliphatic rings. The maximum atomic E-state index is 12.4. The van der Waals surface area contributed by atoms with E-state index in [0.717, 1.165) is 18.2 Å². The van der Waals surface area contributed by atoms with Gasteiger partial charge in [0.05, 0.1) is 19.8 Å². The lowest BCUT2D eigenvalue weighted by molar-refractivity contribution is 0.0975. The van der Waals surface area contributed by atoms with E-state index < -0.39 is 0 Å². The molecule has 0 unspecified atom stereocenters. The fraction of sp³-hybridized carbons (Fsp3) is 0.632. The zero-order valence-electron chi connectivity index (χ0n) is 14.4. The number of rotatable bonds is 13. The normalized spacial score (nSPS) is 10.6. The fourth-order valence-electron chi connectivity index (χ4n) is 2.61. The Morgan fingerprint density at radius 1 is 0.913 bits per heavy atom. The summed E-state index contributed by atoms with van der Waals surface area (Å²) in [6.07, 6.45) is 10.4. The first kappa shape index (κ1) is 20.0. The van der Waals surface area contributed by atoms with Crippen molar-refractivity contribution in [1.82, 2.24) is 0 Å². The van der Waals surface area contributed by atoms with Crippen molar-refractivity contribution in [3.8, 4) is 11.5 Å². The number of unbranched alkanes of at least 4 members (excludes halogenated alkanes) is 7. The second-order valence-electron chi connectivity index (χ2n) is 5.76. The number of hydrogen-bond donors (Lipinski definition) is 0. The zero-order valence-corrected chi connectivity index (χ0v) is 16.0. The second kappa shape index (κ2) is 12.4. The molecule has 1 aromatic rings. The zero-order chi connectivity index (χ0) is 16.9. The number of methoxy groups -OCH3 is 2. The van der Waals surface area contributed by atoms with Crippen LogP contribution in [0.5, 0.6) is 11.5 Å². The summed E-state index contributed by atoms with van der Waals surface area (Å²) in [6, 6.07) is 5.37. The highest BCUT2D eigenvalue weighted by atomic mass is 79.9.